The van der Waals surface area contributed by atoms with Crippen molar-refractivity contribution in [2.24, 2.45) is 0 Å². The average Bonchev–Trinajstić information content (AvgIpc) is 2.72. The zero-order chi connectivity index (χ0) is 13.1. The van der Waals surface area contributed by atoms with Gasteiger partial charge >= 0.3 is 0 Å². The third-order valence-corrected chi connectivity index (χ3v) is 6.95. The lowest BCUT2D eigenvalue weighted by atomic mass is 9.92. The topological polar surface area (TPSA) is 0 Å². The number of alkyl halides is 1. The number of hydrogen-bond donors (Lipinski definition) is 0. The van der Waals surface area contributed by atoms with Crippen molar-refractivity contribution >= 4 is 54.8 Å². The van der Waals surface area contributed by atoms with Gasteiger partial charge in [-0.3, -0.25) is 0 Å². The number of benzene rings is 1. The highest BCUT2D eigenvalue weighted by molar-refractivity contribution is 9.10. The normalized spacial score (nSPS) is 14.4. The fraction of sp³-hybridized carbons (Fsp3) is 0.286. The Labute approximate surface area is 134 Å². The zero-order valence-electron chi connectivity index (χ0n) is 9.87. The summed E-state index contributed by atoms with van der Waals surface area (Å²) in [5.74, 6) is 0.466. The van der Waals surface area contributed by atoms with Gasteiger partial charge in [0.25, 0.3) is 0 Å². The van der Waals surface area contributed by atoms with Gasteiger partial charge in [0.15, 0.2) is 0 Å². The molecule has 1 aromatic heterocycles. The Kier molecular flexibility index (Phi) is 5.31. The van der Waals surface area contributed by atoms with Crippen molar-refractivity contribution in [3.8, 4) is 0 Å². The SMILES string of the molecule is CCC(c1ccccc1)C(Br)c1cc(Br)c(Cl)s1. The first-order chi connectivity index (χ1) is 8.63. The minimum Gasteiger partial charge on any atom is -0.126 e. The molecule has 0 aliphatic rings. The molecule has 0 spiro atoms. The van der Waals surface area contributed by atoms with Crippen molar-refractivity contribution in [2.75, 3.05) is 0 Å². The highest BCUT2D eigenvalue weighted by Crippen LogP contribution is 2.45. The zero-order valence-corrected chi connectivity index (χ0v) is 14.6. The van der Waals surface area contributed by atoms with Crippen LogP contribution >= 0.6 is 54.8 Å². The van der Waals surface area contributed by atoms with Crippen molar-refractivity contribution in [1.29, 1.82) is 0 Å². The van der Waals surface area contributed by atoms with Gasteiger partial charge in [0.2, 0.25) is 0 Å². The summed E-state index contributed by atoms with van der Waals surface area (Å²) in [6.07, 6.45) is 1.09. The van der Waals surface area contributed by atoms with E-state index in [0.29, 0.717) is 10.7 Å². The molecular formula is C14H13Br2ClS. The van der Waals surface area contributed by atoms with Gasteiger partial charge in [-0.15, -0.1) is 11.3 Å². The van der Waals surface area contributed by atoms with E-state index in [2.05, 4.69) is 75.2 Å². The second kappa shape index (κ2) is 6.56. The molecule has 0 N–H and O–H groups in total. The Morgan fingerprint density at radius 2 is 1.94 bits per heavy atom. The number of thiophene rings is 1. The predicted molar refractivity (Wildman–Crippen MR) is 88.2 cm³/mol. The molecule has 2 rings (SSSR count). The van der Waals surface area contributed by atoms with E-state index >= 15 is 0 Å². The van der Waals surface area contributed by atoms with Gasteiger partial charge in [-0.05, 0) is 34.0 Å². The Bertz CT molecular complexity index is 490. The molecule has 4 heteroatoms. The molecule has 0 fully saturated rings. The lowest BCUT2D eigenvalue weighted by Crippen LogP contribution is -2.03. The maximum absolute atomic E-state index is 6.12. The summed E-state index contributed by atoms with van der Waals surface area (Å²) in [5, 5.41) is 0. The van der Waals surface area contributed by atoms with Crippen molar-refractivity contribution in [3.05, 3.63) is 55.6 Å². The lowest BCUT2D eigenvalue weighted by Gasteiger charge is -2.20. The van der Waals surface area contributed by atoms with E-state index in [0.717, 1.165) is 15.2 Å². The van der Waals surface area contributed by atoms with Gasteiger partial charge < -0.3 is 0 Å². The van der Waals surface area contributed by atoms with Crippen LogP contribution in [0.25, 0.3) is 0 Å². The molecule has 0 saturated heterocycles. The van der Waals surface area contributed by atoms with Gasteiger partial charge in [-0.2, -0.15) is 0 Å². The van der Waals surface area contributed by atoms with Crippen molar-refractivity contribution in [3.63, 3.8) is 0 Å². The van der Waals surface area contributed by atoms with E-state index in [1.807, 2.05) is 0 Å². The fourth-order valence-corrected chi connectivity index (χ4v) is 4.88. The van der Waals surface area contributed by atoms with Crippen LogP contribution in [0, 0.1) is 0 Å². The van der Waals surface area contributed by atoms with Gasteiger partial charge in [0.05, 0.1) is 4.83 Å². The van der Waals surface area contributed by atoms with Crippen molar-refractivity contribution < 1.29 is 0 Å². The smallest absolute Gasteiger partial charge is 0.107 e. The maximum atomic E-state index is 6.12. The summed E-state index contributed by atoms with van der Waals surface area (Å²) in [5.41, 5.74) is 1.36. The molecule has 0 bridgehead atoms. The Balaban J connectivity index is 2.28. The molecule has 0 aliphatic carbocycles. The molecule has 96 valence electrons. The van der Waals surface area contributed by atoms with Crippen LogP contribution < -0.4 is 0 Å². The standard InChI is InChI=1S/C14H13Br2ClS/c1-2-10(9-6-4-3-5-7-9)13(16)12-8-11(15)14(17)18-12/h3-8,10,13H,2H2,1H3. The van der Waals surface area contributed by atoms with Gasteiger partial charge in [-0.25, -0.2) is 0 Å². The molecule has 2 unspecified atom stereocenters. The predicted octanol–water partition coefficient (Wildman–Crippen LogP) is 6.79. The van der Waals surface area contributed by atoms with Crippen LogP contribution in [0.15, 0.2) is 40.9 Å². The minimum atomic E-state index is 0.304. The Morgan fingerprint density at radius 1 is 1.28 bits per heavy atom. The summed E-state index contributed by atoms with van der Waals surface area (Å²) >= 11 is 15.0. The van der Waals surface area contributed by atoms with Crippen LogP contribution in [0.2, 0.25) is 4.34 Å². The fourth-order valence-electron chi connectivity index (χ4n) is 2.01. The van der Waals surface area contributed by atoms with E-state index in [1.165, 1.54) is 10.4 Å². The second-order valence-corrected chi connectivity index (χ2v) is 7.62. The third kappa shape index (κ3) is 3.19. The minimum absolute atomic E-state index is 0.304. The maximum Gasteiger partial charge on any atom is 0.107 e. The van der Waals surface area contributed by atoms with Crippen LogP contribution in [0.5, 0.6) is 0 Å². The largest absolute Gasteiger partial charge is 0.126 e. The van der Waals surface area contributed by atoms with Crippen molar-refractivity contribution in [1.82, 2.24) is 0 Å². The monoisotopic (exact) mass is 406 g/mol. The lowest BCUT2D eigenvalue weighted by molar-refractivity contribution is 0.661. The molecule has 2 aromatic rings. The van der Waals surface area contributed by atoms with Gasteiger partial charge in [0, 0.05) is 15.3 Å². The highest BCUT2D eigenvalue weighted by Gasteiger charge is 2.23. The molecule has 18 heavy (non-hydrogen) atoms. The summed E-state index contributed by atoms with van der Waals surface area (Å²) in [6, 6.07) is 12.7. The van der Waals surface area contributed by atoms with Crippen LogP contribution in [0.3, 0.4) is 0 Å². The van der Waals surface area contributed by atoms with E-state index in [-0.39, 0.29) is 0 Å². The first-order valence-electron chi connectivity index (χ1n) is 5.77. The average molecular weight is 409 g/mol. The van der Waals surface area contributed by atoms with Gasteiger partial charge in [-0.1, -0.05) is 64.8 Å². The molecular weight excluding hydrogens is 395 g/mol. The third-order valence-electron chi connectivity index (χ3n) is 2.96. The second-order valence-electron chi connectivity index (χ2n) is 4.10. The summed E-state index contributed by atoms with van der Waals surface area (Å²) in [6.45, 7) is 2.22. The molecule has 0 nitrogen and oxygen atoms in total. The van der Waals surface area contributed by atoms with E-state index in [1.54, 1.807) is 11.3 Å². The molecule has 2 atom stereocenters. The number of rotatable bonds is 4. The molecule has 0 saturated carbocycles. The van der Waals surface area contributed by atoms with E-state index in [4.69, 9.17) is 11.6 Å². The summed E-state index contributed by atoms with van der Waals surface area (Å²) in [7, 11) is 0. The molecule has 0 radical (unpaired) electrons. The molecule has 1 heterocycles. The van der Waals surface area contributed by atoms with E-state index in [9.17, 15) is 0 Å². The molecule has 0 aliphatic heterocycles. The first-order valence-corrected chi connectivity index (χ1v) is 8.67. The van der Waals surface area contributed by atoms with Crippen LogP contribution in [0.4, 0.5) is 0 Å². The summed E-state index contributed by atoms with van der Waals surface area (Å²) < 4.78 is 1.80. The van der Waals surface area contributed by atoms with Gasteiger partial charge in [0.1, 0.15) is 4.34 Å². The quantitative estimate of drug-likeness (QED) is 0.488. The number of hydrogen-bond acceptors (Lipinski definition) is 1. The highest BCUT2D eigenvalue weighted by atomic mass is 79.9. The Morgan fingerprint density at radius 3 is 2.44 bits per heavy atom. The molecule has 1 aromatic carbocycles. The first kappa shape index (κ1) is 14.6. The van der Waals surface area contributed by atoms with Crippen LogP contribution in [-0.4, -0.2) is 0 Å². The Hall–Kier alpha value is 0.170. The van der Waals surface area contributed by atoms with Crippen molar-refractivity contribution in [2.45, 2.75) is 24.1 Å². The summed E-state index contributed by atoms with van der Waals surface area (Å²) in [4.78, 5) is 1.57. The molecule has 0 amide bonds. The van der Waals surface area contributed by atoms with E-state index < -0.39 is 0 Å². The van der Waals surface area contributed by atoms with Crippen LogP contribution in [0.1, 0.15) is 34.5 Å². The number of halogens is 3. The van der Waals surface area contributed by atoms with Crippen LogP contribution in [-0.2, 0) is 0 Å².